The van der Waals surface area contributed by atoms with Gasteiger partial charge in [0.25, 0.3) is 0 Å². The van der Waals surface area contributed by atoms with Crippen molar-refractivity contribution in [2.45, 2.75) is 0 Å². The quantitative estimate of drug-likeness (QED) is 0.670. The van der Waals surface area contributed by atoms with Gasteiger partial charge in [0.15, 0.2) is 0 Å². The lowest BCUT2D eigenvalue weighted by atomic mass is 10.1. The number of aromatic nitrogens is 3. The number of aromatic hydroxyl groups is 1. The normalized spacial score (nSPS) is 10.8. The first-order valence-corrected chi connectivity index (χ1v) is 4.92. The van der Waals surface area contributed by atoms with Crippen molar-refractivity contribution in [3.05, 3.63) is 48.8 Å². The lowest BCUT2D eigenvalue weighted by molar-refractivity contribution is 0.475. The molecule has 0 saturated heterocycles. The van der Waals surface area contributed by atoms with Crippen LogP contribution in [-0.4, -0.2) is 19.9 Å². The minimum atomic E-state index is 0.274. The minimum Gasteiger partial charge on any atom is -0.508 e. The van der Waals surface area contributed by atoms with Crippen LogP contribution in [0.1, 0.15) is 0 Å². The molecule has 0 aliphatic rings. The Morgan fingerprint density at radius 2 is 1.81 bits per heavy atom. The summed E-state index contributed by atoms with van der Waals surface area (Å²) in [5.41, 5.74) is 3.09. The van der Waals surface area contributed by atoms with E-state index in [2.05, 4.69) is 10.3 Å². The van der Waals surface area contributed by atoms with Crippen LogP contribution in [-0.2, 0) is 0 Å². The second-order valence-corrected chi connectivity index (χ2v) is 3.57. The highest BCUT2D eigenvalue weighted by Crippen LogP contribution is 2.22. The van der Waals surface area contributed by atoms with Crippen molar-refractivity contribution in [2.75, 3.05) is 0 Å². The molecule has 0 atom stereocenters. The molecular weight excluding hydrogens is 202 g/mol. The van der Waals surface area contributed by atoms with E-state index in [9.17, 15) is 5.11 Å². The molecular formula is C12H9N3O. The zero-order valence-corrected chi connectivity index (χ0v) is 8.41. The highest BCUT2D eigenvalue weighted by Gasteiger charge is 2.00. The van der Waals surface area contributed by atoms with Gasteiger partial charge in [-0.1, -0.05) is 17.3 Å². The van der Waals surface area contributed by atoms with E-state index in [1.165, 1.54) is 0 Å². The van der Waals surface area contributed by atoms with Crippen LogP contribution in [0.3, 0.4) is 0 Å². The predicted octanol–water partition coefficient (Wildman–Crippen LogP) is 2.10. The van der Waals surface area contributed by atoms with Crippen molar-refractivity contribution in [1.82, 2.24) is 14.8 Å². The van der Waals surface area contributed by atoms with E-state index >= 15 is 0 Å². The molecule has 0 aliphatic carbocycles. The van der Waals surface area contributed by atoms with Crippen molar-refractivity contribution in [2.24, 2.45) is 0 Å². The first kappa shape index (κ1) is 8.91. The molecule has 0 saturated carbocycles. The third-order valence-corrected chi connectivity index (χ3v) is 2.50. The second kappa shape index (κ2) is 3.34. The molecule has 3 aromatic rings. The van der Waals surface area contributed by atoms with E-state index in [-0.39, 0.29) is 5.75 Å². The summed E-state index contributed by atoms with van der Waals surface area (Å²) in [5.74, 6) is 0.274. The SMILES string of the molecule is Oc1ccc(-c2ccn3nncc3c2)cc1. The van der Waals surface area contributed by atoms with Crippen molar-refractivity contribution in [3.63, 3.8) is 0 Å². The number of phenols is 1. The highest BCUT2D eigenvalue weighted by atomic mass is 16.3. The molecule has 0 radical (unpaired) electrons. The largest absolute Gasteiger partial charge is 0.508 e. The number of pyridine rings is 1. The predicted molar refractivity (Wildman–Crippen MR) is 60.1 cm³/mol. The van der Waals surface area contributed by atoms with Crippen LogP contribution in [0.25, 0.3) is 16.6 Å². The molecule has 2 heterocycles. The van der Waals surface area contributed by atoms with Crippen molar-refractivity contribution < 1.29 is 5.11 Å². The van der Waals surface area contributed by atoms with E-state index in [1.807, 2.05) is 30.5 Å². The minimum absolute atomic E-state index is 0.274. The van der Waals surface area contributed by atoms with Crippen LogP contribution in [0.2, 0.25) is 0 Å². The number of benzene rings is 1. The Labute approximate surface area is 91.8 Å². The Bertz CT molecular complexity index is 628. The number of hydrogen-bond acceptors (Lipinski definition) is 3. The van der Waals surface area contributed by atoms with Crippen molar-refractivity contribution in [3.8, 4) is 16.9 Å². The molecule has 0 aliphatic heterocycles. The molecule has 3 rings (SSSR count). The monoisotopic (exact) mass is 211 g/mol. The Morgan fingerprint density at radius 1 is 1.00 bits per heavy atom. The van der Waals surface area contributed by atoms with Crippen LogP contribution in [0.5, 0.6) is 5.75 Å². The Hall–Kier alpha value is -2.36. The Kier molecular flexibility index (Phi) is 1.86. The van der Waals surface area contributed by atoms with Gasteiger partial charge in [0.05, 0.1) is 11.7 Å². The van der Waals surface area contributed by atoms with Gasteiger partial charge in [-0.25, -0.2) is 4.52 Å². The molecule has 4 heteroatoms. The van der Waals surface area contributed by atoms with Crippen LogP contribution < -0.4 is 0 Å². The molecule has 78 valence electrons. The first-order chi connectivity index (χ1) is 7.83. The Balaban J connectivity index is 2.14. The topological polar surface area (TPSA) is 50.4 Å². The maximum absolute atomic E-state index is 9.22. The standard InChI is InChI=1S/C12H9N3O/c16-12-3-1-9(2-4-12)10-5-6-15-11(7-10)8-13-14-15/h1-8,16H. The molecule has 1 aromatic carbocycles. The molecule has 2 aromatic heterocycles. The van der Waals surface area contributed by atoms with Gasteiger partial charge in [-0.15, -0.1) is 5.10 Å². The zero-order valence-electron chi connectivity index (χ0n) is 8.41. The van der Waals surface area contributed by atoms with Gasteiger partial charge in [-0.2, -0.15) is 0 Å². The third kappa shape index (κ3) is 1.40. The summed E-state index contributed by atoms with van der Waals surface area (Å²) in [6.07, 6.45) is 3.58. The number of rotatable bonds is 1. The average Bonchev–Trinajstić information content (AvgIpc) is 2.77. The summed E-state index contributed by atoms with van der Waals surface area (Å²) < 4.78 is 1.71. The van der Waals surface area contributed by atoms with Crippen LogP contribution in [0.4, 0.5) is 0 Å². The van der Waals surface area contributed by atoms with Crippen molar-refractivity contribution >= 4 is 5.52 Å². The van der Waals surface area contributed by atoms with Gasteiger partial charge < -0.3 is 5.11 Å². The smallest absolute Gasteiger partial charge is 0.115 e. The van der Waals surface area contributed by atoms with Gasteiger partial charge in [0, 0.05) is 6.20 Å². The van der Waals surface area contributed by atoms with Gasteiger partial charge in [0.2, 0.25) is 0 Å². The first-order valence-electron chi connectivity index (χ1n) is 4.92. The number of phenolic OH excluding ortho intramolecular Hbond substituents is 1. The summed E-state index contributed by atoms with van der Waals surface area (Å²) in [7, 11) is 0. The van der Waals surface area contributed by atoms with E-state index in [0.717, 1.165) is 16.6 Å². The van der Waals surface area contributed by atoms with Crippen LogP contribution >= 0.6 is 0 Å². The summed E-state index contributed by atoms with van der Waals surface area (Å²) in [4.78, 5) is 0. The lowest BCUT2D eigenvalue weighted by Crippen LogP contribution is -1.86. The maximum atomic E-state index is 9.22. The molecule has 0 spiro atoms. The van der Waals surface area contributed by atoms with E-state index in [0.29, 0.717) is 0 Å². The molecule has 0 fully saturated rings. The fraction of sp³-hybridized carbons (Fsp3) is 0. The van der Waals surface area contributed by atoms with E-state index in [4.69, 9.17) is 0 Å². The maximum Gasteiger partial charge on any atom is 0.115 e. The number of fused-ring (bicyclic) bond motifs is 1. The summed E-state index contributed by atoms with van der Waals surface area (Å²) in [6, 6.07) is 11.1. The van der Waals surface area contributed by atoms with E-state index in [1.54, 1.807) is 22.8 Å². The van der Waals surface area contributed by atoms with Gasteiger partial charge >= 0.3 is 0 Å². The summed E-state index contributed by atoms with van der Waals surface area (Å²) in [5, 5.41) is 16.9. The summed E-state index contributed by atoms with van der Waals surface area (Å²) in [6.45, 7) is 0. The fourth-order valence-electron chi connectivity index (χ4n) is 1.66. The third-order valence-electron chi connectivity index (χ3n) is 2.50. The second-order valence-electron chi connectivity index (χ2n) is 3.57. The number of hydrogen-bond donors (Lipinski definition) is 1. The molecule has 4 nitrogen and oxygen atoms in total. The Morgan fingerprint density at radius 3 is 2.62 bits per heavy atom. The molecule has 0 amide bonds. The van der Waals surface area contributed by atoms with Gasteiger partial charge in [-0.05, 0) is 35.4 Å². The lowest BCUT2D eigenvalue weighted by Gasteiger charge is -2.02. The molecule has 1 N–H and O–H groups in total. The summed E-state index contributed by atoms with van der Waals surface area (Å²) >= 11 is 0. The van der Waals surface area contributed by atoms with Gasteiger partial charge in [-0.3, -0.25) is 0 Å². The fourth-order valence-corrected chi connectivity index (χ4v) is 1.66. The van der Waals surface area contributed by atoms with Crippen LogP contribution in [0.15, 0.2) is 48.8 Å². The van der Waals surface area contributed by atoms with Gasteiger partial charge in [0.1, 0.15) is 5.75 Å². The number of nitrogens with zero attached hydrogens (tertiary/aromatic N) is 3. The van der Waals surface area contributed by atoms with Crippen LogP contribution in [0, 0.1) is 0 Å². The molecule has 0 unspecified atom stereocenters. The molecule has 0 bridgehead atoms. The van der Waals surface area contributed by atoms with Crippen molar-refractivity contribution in [1.29, 1.82) is 0 Å². The molecule has 16 heavy (non-hydrogen) atoms. The average molecular weight is 211 g/mol. The zero-order chi connectivity index (χ0) is 11.0. The van der Waals surface area contributed by atoms with E-state index < -0.39 is 0 Å². The highest BCUT2D eigenvalue weighted by molar-refractivity contribution is 5.68.